The smallest absolute Gasteiger partial charge is 0.0159 e. The first-order chi connectivity index (χ1) is 7.77. The van der Waals surface area contributed by atoms with Crippen LogP contribution in [0.1, 0.15) is 39.0 Å². The monoisotopic (exact) mass is 290 g/mol. The summed E-state index contributed by atoms with van der Waals surface area (Å²) in [5, 5.41) is 1.10. The van der Waals surface area contributed by atoms with Crippen LogP contribution < -0.4 is 0 Å². The van der Waals surface area contributed by atoms with E-state index in [2.05, 4.69) is 39.7 Å². The molecule has 0 aromatic heterocycles. The molecular formula is C13H27BrN2. The number of hydrogen-bond donors (Lipinski definition) is 0. The highest BCUT2D eigenvalue weighted by atomic mass is 79.9. The SMILES string of the molecule is CCCN(CCBr)CCC1CCCCN1C. The zero-order chi connectivity index (χ0) is 11.8. The third kappa shape index (κ3) is 5.15. The van der Waals surface area contributed by atoms with Crippen molar-refractivity contribution in [3.8, 4) is 0 Å². The second-order valence-electron chi connectivity index (χ2n) is 4.95. The van der Waals surface area contributed by atoms with E-state index < -0.39 is 0 Å². The number of alkyl halides is 1. The molecule has 16 heavy (non-hydrogen) atoms. The first-order valence-electron chi connectivity index (χ1n) is 6.76. The van der Waals surface area contributed by atoms with E-state index in [4.69, 9.17) is 0 Å². The Bertz CT molecular complexity index is 169. The molecule has 96 valence electrons. The van der Waals surface area contributed by atoms with Crippen molar-refractivity contribution in [3.05, 3.63) is 0 Å². The molecule has 1 atom stereocenters. The fourth-order valence-electron chi connectivity index (χ4n) is 2.61. The van der Waals surface area contributed by atoms with Crippen molar-refractivity contribution in [2.45, 2.75) is 45.1 Å². The molecule has 1 rings (SSSR count). The quantitative estimate of drug-likeness (QED) is 0.665. The number of likely N-dealkylation sites (tertiary alicyclic amines) is 1. The summed E-state index contributed by atoms with van der Waals surface area (Å²) in [6.07, 6.45) is 6.86. The molecule has 3 heteroatoms. The first-order valence-corrected chi connectivity index (χ1v) is 7.88. The number of nitrogens with zero attached hydrogens (tertiary/aromatic N) is 2. The normalized spacial score (nSPS) is 22.9. The van der Waals surface area contributed by atoms with Gasteiger partial charge in [0.05, 0.1) is 0 Å². The van der Waals surface area contributed by atoms with E-state index >= 15 is 0 Å². The van der Waals surface area contributed by atoms with Crippen LogP contribution in [0.2, 0.25) is 0 Å². The predicted molar refractivity (Wildman–Crippen MR) is 75.4 cm³/mol. The third-order valence-corrected chi connectivity index (χ3v) is 4.00. The summed E-state index contributed by atoms with van der Waals surface area (Å²) in [6, 6.07) is 0.837. The lowest BCUT2D eigenvalue weighted by Crippen LogP contribution is -2.39. The number of halogens is 1. The molecule has 0 spiro atoms. The average molecular weight is 291 g/mol. The molecule has 2 nitrogen and oxygen atoms in total. The second kappa shape index (κ2) is 8.48. The molecule has 1 unspecified atom stereocenters. The number of hydrogen-bond acceptors (Lipinski definition) is 2. The summed E-state index contributed by atoms with van der Waals surface area (Å²) in [6.45, 7) is 7.30. The van der Waals surface area contributed by atoms with Gasteiger partial charge in [-0.15, -0.1) is 0 Å². The Morgan fingerprint density at radius 2 is 2.06 bits per heavy atom. The Morgan fingerprint density at radius 1 is 1.25 bits per heavy atom. The van der Waals surface area contributed by atoms with Gasteiger partial charge in [0.25, 0.3) is 0 Å². The van der Waals surface area contributed by atoms with E-state index in [1.165, 1.54) is 58.3 Å². The van der Waals surface area contributed by atoms with Crippen LogP contribution in [0.25, 0.3) is 0 Å². The van der Waals surface area contributed by atoms with E-state index in [9.17, 15) is 0 Å². The van der Waals surface area contributed by atoms with Crippen LogP contribution in [0.15, 0.2) is 0 Å². The summed E-state index contributed by atoms with van der Waals surface area (Å²) < 4.78 is 0. The van der Waals surface area contributed by atoms with Gasteiger partial charge in [-0.2, -0.15) is 0 Å². The molecule has 1 aliphatic heterocycles. The van der Waals surface area contributed by atoms with Crippen molar-refractivity contribution in [1.29, 1.82) is 0 Å². The zero-order valence-electron chi connectivity index (χ0n) is 10.9. The van der Waals surface area contributed by atoms with Crippen molar-refractivity contribution in [3.63, 3.8) is 0 Å². The lowest BCUT2D eigenvalue weighted by molar-refractivity contribution is 0.155. The minimum absolute atomic E-state index is 0.837. The summed E-state index contributed by atoms with van der Waals surface area (Å²) in [5.41, 5.74) is 0. The van der Waals surface area contributed by atoms with Crippen molar-refractivity contribution >= 4 is 15.9 Å². The van der Waals surface area contributed by atoms with Crippen molar-refractivity contribution in [1.82, 2.24) is 9.80 Å². The van der Waals surface area contributed by atoms with E-state index in [0.29, 0.717) is 0 Å². The lowest BCUT2D eigenvalue weighted by Gasteiger charge is -2.34. The van der Waals surface area contributed by atoms with Crippen molar-refractivity contribution < 1.29 is 0 Å². The Kier molecular flexibility index (Phi) is 7.67. The maximum atomic E-state index is 3.55. The molecule has 0 saturated carbocycles. The molecule has 0 amide bonds. The standard InChI is InChI=1S/C13H27BrN2/c1-3-9-16(12-8-14)11-7-13-6-4-5-10-15(13)2/h13H,3-12H2,1-2H3. The van der Waals surface area contributed by atoms with Gasteiger partial charge < -0.3 is 9.80 Å². The molecule has 0 N–H and O–H groups in total. The van der Waals surface area contributed by atoms with Crippen molar-refractivity contribution in [2.24, 2.45) is 0 Å². The maximum Gasteiger partial charge on any atom is 0.0159 e. The summed E-state index contributed by atoms with van der Waals surface area (Å²) in [4.78, 5) is 5.15. The summed E-state index contributed by atoms with van der Waals surface area (Å²) in [7, 11) is 2.29. The number of rotatable bonds is 7. The molecule has 1 fully saturated rings. The molecule has 1 aliphatic rings. The van der Waals surface area contributed by atoms with Gasteiger partial charge in [-0.3, -0.25) is 0 Å². The van der Waals surface area contributed by atoms with Gasteiger partial charge in [0.15, 0.2) is 0 Å². The van der Waals surface area contributed by atoms with E-state index in [1.54, 1.807) is 0 Å². The van der Waals surface area contributed by atoms with E-state index in [0.717, 1.165) is 11.4 Å². The Hall–Kier alpha value is 0.400. The van der Waals surface area contributed by atoms with E-state index in [-0.39, 0.29) is 0 Å². The van der Waals surface area contributed by atoms with Gasteiger partial charge in [-0.1, -0.05) is 29.3 Å². The molecule has 1 saturated heterocycles. The van der Waals surface area contributed by atoms with Crippen LogP contribution in [0.4, 0.5) is 0 Å². The van der Waals surface area contributed by atoms with Crippen molar-refractivity contribution in [2.75, 3.05) is 38.6 Å². The summed E-state index contributed by atoms with van der Waals surface area (Å²) >= 11 is 3.55. The van der Waals surface area contributed by atoms with Crippen LogP contribution in [0, 0.1) is 0 Å². The van der Waals surface area contributed by atoms with Gasteiger partial charge in [0.1, 0.15) is 0 Å². The Labute approximate surface area is 109 Å². The highest BCUT2D eigenvalue weighted by molar-refractivity contribution is 9.09. The predicted octanol–water partition coefficient (Wildman–Crippen LogP) is 2.97. The van der Waals surface area contributed by atoms with Crippen LogP contribution in [0.5, 0.6) is 0 Å². The third-order valence-electron chi connectivity index (χ3n) is 3.64. The Morgan fingerprint density at radius 3 is 2.69 bits per heavy atom. The minimum Gasteiger partial charge on any atom is -0.303 e. The minimum atomic E-state index is 0.837. The van der Waals surface area contributed by atoms with Gasteiger partial charge in [-0.05, 0) is 52.4 Å². The molecule has 0 aromatic carbocycles. The highest BCUT2D eigenvalue weighted by Gasteiger charge is 2.19. The average Bonchev–Trinajstić information content (AvgIpc) is 2.28. The molecule has 0 aromatic rings. The molecule has 0 bridgehead atoms. The van der Waals surface area contributed by atoms with Gasteiger partial charge in [-0.25, -0.2) is 0 Å². The van der Waals surface area contributed by atoms with Gasteiger partial charge in [0, 0.05) is 17.9 Å². The largest absolute Gasteiger partial charge is 0.303 e. The second-order valence-corrected chi connectivity index (χ2v) is 5.74. The van der Waals surface area contributed by atoms with Gasteiger partial charge >= 0.3 is 0 Å². The topological polar surface area (TPSA) is 6.48 Å². The van der Waals surface area contributed by atoms with Gasteiger partial charge in [0.2, 0.25) is 0 Å². The fraction of sp³-hybridized carbons (Fsp3) is 1.00. The van der Waals surface area contributed by atoms with Crippen LogP contribution >= 0.6 is 15.9 Å². The maximum absolute atomic E-state index is 3.55. The van der Waals surface area contributed by atoms with Crippen LogP contribution in [-0.4, -0.2) is 54.4 Å². The van der Waals surface area contributed by atoms with E-state index in [1.807, 2.05) is 0 Å². The zero-order valence-corrected chi connectivity index (χ0v) is 12.5. The number of piperidine rings is 1. The van der Waals surface area contributed by atoms with Crippen LogP contribution in [-0.2, 0) is 0 Å². The molecule has 0 aliphatic carbocycles. The molecular weight excluding hydrogens is 264 g/mol. The van der Waals surface area contributed by atoms with Crippen LogP contribution in [0.3, 0.4) is 0 Å². The summed E-state index contributed by atoms with van der Waals surface area (Å²) in [5.74, 6) is 0. The molecule has 0 radical (unpaired) electrons. The highest BCUT2D eigenvalue weighted by Crippen LogP contribution is 2.18. The molecule has 1 heterocycles. The fourth-order valence-corrected chi connectivity index (χ4v) is 3.11. The Balaban J connectivity index is 2.23. The first kappa shape index (κ1) is 14.5. The lowest BCUT2D eigenvalue weighted by atomic mass is 10.00.